The second-order valence-corrected chi connectivity index (χ2v) is 10.9. The van der Waals surface area contributed by atoms with Gasteiger partial charge in [-0.3, -0.25) is 9.13 Å². The van der Waals surface area contributed by atoms with Crippen molar-refractivity contribution < 1.29 is 0 Å². The molecule has 38 heavy (non-hydrogen) atoms. The highest BCUT2D eigenvalue weighted by Crippen LogP contribution is 2.37. The van der Waals surface area contributed by atoms with Crippen molar-refractivity contribution in [3.63, 3.8) is 0 Å². The van der Waals surface area contributed by atoms with Crippen LogP contribution in [0.4, 0.5) is 0 Å². The standard InChI is InChI=1S/C30H28N8/c1-29(2)21-15-31-25(33-21)27-35-23(17-37(27)19-11-7-5-8-12-19)30(3,4)24-18-38(20-13-9-6-10-14-20)28(36-24)26-32-16-22(29)34-26/h5-18H,1-4H3,(H,31,33)(H,32,34). The molecule has 8 nitrogen and oxygen atoms in total. The molecule has 2 aromatic carbocycles. The number of para-hydroxylation sites is 2. The molecule has 0 fully saturated rings. The molecule has 2 N–H and O–H groups in total. The summed E-state index contributed by atoms with van der Waals surface area (Å²) in [5, 5.41) is 0. The van der Waals surface area contributed by atoms with Crippen LogP contribution in [0.1, 0.15) is 50.5 Å². The highest BCUT2D eigenvalue weighted by molar-refractivity contribution is 5.57. The molecule has 0 radical (unpaired) electrons. The quantitative estimate of drug-likeness (QED) is 0.314. The van der Waals surface area contributed by atoms with E-state index in [1.165, 1.54) is 0 Å². The number of nitrogens with one attached hydrogen (secondary N) is 2. The van der Waals surface area contributed by atoms with Crippen molar-refractivity contribution in [2.45, 2.75) is 38.5 Å². The van der Waals surface area contributed by atoms with Crippen molar-refractivity contribution >= 4 is 0 Å². The zero-order valence-electron chi connectivity index (χ0n) is 21.8. The third kappa shape index (κ3) is 3.30. The van der Waals surface area contributed by atoms with E-state index in [0.29, 0.717) is 11.6 Å². The van der Waals surface area contributed by atoms with E-state index in [1.54, 1.807) is 0 Å². The number of nitrogens with zero attached hydrogens (tertiary/aromatic N) is 6. The zero-order valence-corrected chi connectivity index (χ0v) is 21.8. The van der Waals surface area contributed by atoms with Crippen LogP contribution in [0.15, 0.2) is 85.5 Å². The number of imidazole rings is 4. The number of hydrogen-bond acceptors (Lipinski definition) is 4. The molecule has 0 unspecified atom stereocenters. The number of fused-ring (bicyclic) bond motifs is 10. The Morgan fingerprint density at radius 2 is 1.00 bits per heavy atom. The molecule has 8 bridgehead atoms. The molecule has 1 aliphatic heterocycles. The smallest absolute Gasteiger partial charge is 0.181 e. The summed E-state index contributed by atoms with van der Waals surface area (Å²) in [5.74, 6) is 2.94. The maximum atomic E-state index is 5.17. The van der Waals surface area contributed by atoms with E-state index in [-0.39, 0.29) is 0 Å². The summed E-state index contributed by atoms with van der Waals surface area (Å²) < 4.78 is 4.21. The van der Waals surface area contributed by atoms with E-state index in [4.69, 9.17) is 19.9 Å². The highest BCUT2D eigenvalue weighted by atomic mass is 15.2. The molecule has 8 heteroatoms. The van der Waals surface area contributed by atoms with E-state index >= 15 is 0 Å². The second-order valence-electron chi connectivity index (χ2n) is 10.9. The highest BCUT2D eigenvalue weighted by Gasteiger charge is 2.35. The molecule has 0 aliphatic carbocycles. The summed E-state index contributed by atoms with van der Waals surface area (Å²) in [6, 6.07) is 20.5. The lowest BCUT2D eigenvalue weighted by atomic mass is 9.86. The van der Waals surface area contributed by atoms with Crippen molar-refractivity contribution in [1.29, 1.82) is 0 Å². The summed E-state index contributed by atoms with van der Waals surface area (Å²) in [6.45, 7) is 8.62. The lowest BCUT2D eigenvalue weighted by molar-refractivity contribution is 0.600. The molecule has 6 aromatic rings. The van der Waals surface area contributed by atoms with Crippen LogP contribution in [-0.4, -0.2) is 39.0 Å². The number of aromatic amines is 2. The Labute approximate surface area is 220 Å². The van der Waals surface area contributed by atoms with Gasteiger partial charge in [-0.25, -0.2) is 19.9 Å². The van der Waals surface area contributed by atoms with E-state index in [0.717, 1.165) is 45.8 Å². The molecule has 0 saturated carbocycles. The van der Waals surface area contributed by atoms with Crippen LogP contribution >= 0.6 is 0 Å². The fourth-order valence-corrected chi connectivity index (χ4v) is 5.05. The van der Waals surface area contributed by atoms with Gasteiger partial charge in [0, 0.05) is 53.0 Å². The van der Waals surface area contributed by atoms with Crippen molar-refractivity contribution in [2.75, 3.05) is 0 Å². The molecular weight excluding hydrogens is 472 g/mol. The van der Waals surface area contributed by atoms with Gasteiger partial charge in [0.25, 0.3) is 0 Å². The monoisotopic (exact) mass is 500 g/mol. The molecule has 0 atom stereocenters. The van der Waals surface area contributed by atoms with Crippen molar-refractivity contribution in [3.05, 3.63) is 108 Å². The average Bonchev–Trinajstić information content (AvgIpc) is 3.73. The number of rotatable bonds is 2. The van der Waals surface area contributed by atoms with Gasteiger partial charge in [0.15, 0.2) is 23.3 Å². The molecular formula is C30H28N8. The molecule has 0 saturated heterocycles. The van der Waals surface area contributed by atoms with E-state index in [9.17, 15) is 0 Å². The first kappa shape index (κ1) is 22.5. The topological polar surface area (TPSA) is 93.0 Å². The maximum Gasteiger partial charge on any atom is 0.181 e. The fourth-order valence-electron chi connectivity index (χ4n) is 5.05. The predicted molar refractivity (Wildman–Crippen MR) is 147 cm³/mol. The molecule has 4 aromatic heterocycles. The molecule has 1 aliphatic rings. The van der Waals surface area contributed by atoms with Crippen molar-refractivity contribution in [3.8, 4) is 34.7 Å². The minimum absolute atomic E-state index is 0.403. The lowest BCUT2D eigenvalue weighted by Crippen LogP contribution is -2.20. The third-order valence-corrected chi connectivity index (χ3v) is 7.68. The van der Waals surface area contributed by atoms with Gasteiger partial charge < -0.3 is 9.97 Å². The predicted octanol–water partition coefficient (Wildman–Crippen LogP) is 5.80. The van der Waals surface area contributed by atoms with Gasteiger partial charge in [-0.05, 0) is 52.0 Å². The third-order valence-electron chi connectivity index (χ3n) is 7.68. The molecule has 7 rings (SSSR count). The maximum absolute atomic E-state index is 5.17. The van der Waals surface area contributed by atoms with E-state index in [2.05, 4.69) is 83.5 Å². The van der Waals surface area contributed by atoms with Crippen LogP contribution in [0.2, 0.25) is 0 Å². The first-order valence-corrected chi connectivity index (χ1v) is 12.7. The minimum atomic E-state index is -0.502. The van der Waals surface area contributed by atoms with Gasteiger partial charge >= 0.3 is 0 Å². The van der Waals surface area contributed by atoms with E-state index in [1.807, 2.05) is 48.8 Å². The van der Waals surface area contributed by atoms with E-state index < -0.39 is 10.8 Å². The Morgan fingerprint density at radius 3 is 1.42 bits per heavy atom. The second kappa shape index (κ2) is 7.89. The van der Waals surface area contributed by atoms with Crippen LogP contribution in [0.25, 0.3) is 34.7 Å². The fraction of sp³-hybridized carbons (Fsp3) is 0.200. The Balaban J connectivity index is 1.53. The van der Waals surface area contributed by atoms with Crippen LogP contribution in [0.5, 0.6) is 0 Å². The Morgan fingerprint density at radius 1 is 0.579 bits per heavy atom. The summed E-state index contributed by atoms with van der Waals surface area (Å²) in [7, 11) is 0. The molecule has 188 valence electrons. The molecule has 0 amide bonds. The number of benzene rings is 2. The van der Waals surface area contributed by atoms with Gasteiger partial charge in [0.05, 0.1) is 16.8 Å². The number of H-pyrrole nitrogens is 2. The van der Waals surface area contributed by atoms with Gasteiger partial charge in [0.1, 0.15) is 0 Å². The number of aromatic nitrogens is 8. The van der Waals surface area contributed by atoms with Crippen LogP contribution < -0.4 is 0 Å². The van der Waals surface area contributed by atoms with Crippen molar-refractivity contribution in [1.82, 2.24) is 39.0 Å². The SMILES string of the molecule is CC1(C)c2cn(-c3ccccc3)c(n2)-c2ncc([nH]2)C(C)(C)c2cnc([nH]2)-c2nc1cn2-c1ccccc1. The number of hydrogen-bond donors (Lipinski definition) is 2. The first-order valence-electron chi connectivity index (χ1n) is 12.7. The van der Waals surface area contributed by atoms with Gasteiger partial charge in [-0.2, -0.15) is 0 Å². The molecule has 5 heterocycles. The zero-order chi connectivity index (χ0) is 26.1. The largest absolute Gasteiger partial charge is 0.338 e. The van der Waals surface area contributed by atoms with Crippen LogP contribution in [0.3, 0.4) is 0 Å². The van der Waals surface area contributed by atoms with Crippen LogP contribution in [0, 0.1) is 0 Å². The summed E-state index contributed by atoms with van der Waals surface area (Å²) in [5.41, 5.74) is 4.87. The lowest BCUT2D eigenvalue weighted by Gasteiger charge is -2.21. The Hall–Kier alpha value is -4.72. The van der Waals surface area contributed by atoms with Gasteiger partial charge in [0.2, 0.25) is 0 Å². The van der Waals surface area contributed by atoms with Gasteiger partial charge in [-0.1, -0.05) is 36.4 Å². The van der Waals surface area contributed by atoms with Crippen LogP contribution in [-0.2, 0) is 10.8 Å². The normalized spacial score (nSPS) is 15.3. The first-order chi connectivity index (χ1) is 18.3. The Kier molecular flexibility index (Phi) is 4.67. The minimum Gasteiger partial charge on any atom is -0.338 e. The summed E-state index contributed by atoms with van der Waals surface area (Å²) >= 11 is 0. The average molecular weight is 501 g/mol. The summed E-state index contributed by atoms with van der Waals surface area (Å²) in [4.78, 5) is 27.0. The van der Waals surface area contributed by atoms with Crippen molar-refractivity contribution in [2.24, 2.45) is 0 Å². The van der Waals surface area contributed by atoms with Gasteiger partial charge in [-0.15, -0.1) is 0 Å². The Bertz CT molecular complexity index is 1640. The summed E-state index contributed by atoms with van der Waals surface area (Å²) in [6.07, 6.45) is 7.99. The molecule has 0 spiro atoms.